The molecule has 0 unspecified atom stereocenters. The quantitative estimate of drug-likeness (QED) is 0.787. The highest BCUT2D eigenvalue weighted by atomic mass is 35.5. The fourth-order valence-corrected chi connectivity index (χ4v) is 2.53. The summed E-state index contributed by atoms with van der Waals surface area (Å²) in [6, 6.07) is 19.2. The predicted octanol–water partition coefficient (Wildman–Crippen LogP) is 4.06. The van der Waals surface area contributed by atoms with Crippen molar-refractivity contribution in [3.63, 3.8) is 0 Å². The number of halogens is 1. The third kappa shape index (κ3) is 3.27. The van der Waals surface area contributed by atoms with Crippen molar-refractivity contribution in [2.45, 2.75) is 13.0 Å². The van der Waals surface area contributed by atoms with Gasteiger partial charge in [-0.1, -0.05) is 60.1 Å². The molecule has 1 heterocycles. The summed E-state index contributed by atoms with van der Waals surface area (Å²) in [5.74, 6) is 0. The van der Waals surface area contributed by atoms with Crippen LogP contribution in [0.1, 0.15) is 18.5 Å². The average molecular weight is 326 g/mol. The van der Waals surface area contributed by atoms with Gasteiger partial charge in [-0.3, -0.25) is 4.79 Å². The summed E-state index contributed by atoms with van der Waals surface area (Å²) in [5, 5.41) is 7.58. The van der Waals surface area contributed by atoms with Gasteiger partial charge in [0.15, 0.2) is 0 Å². The van der Waals surface area contributed by atoms with E-state index in [1.807, 2.05) is 67.6 Å². The van der Waals surface area contributed by atoms with E-state index in [1.165, 1.54) is 4.68 Å². The van der Waals surface area contributed by atoms with Crippen LogP contribution in [0.4, 0.5) is 5.69 Å². The number of anilines is 1. The number of benzene rings is 2. The summed E-state index contributed by atoms with van der Waals surface area (Å²) in [7, 11) is 0. The topological polar surface area (TPSA) is 46.9 Å². The number of para-hydroxylation sites is 1. The van der Waals surface area contributed by atoms with Crippen LogP contribution in [0.3, 0.4) is 0 Å². The van der Waals surface area contributed by atoms with Crippen molar-refractivity contribution in [2.24, 2.45) is 0 Å². The highest BCUT2D eigenvalue weighted by Gasteiger charge is 2.13. The van der Waals surface area contributed by atoms with Crippen LogP contribution in [0.15, 0.2) is 71.7 Å². The van der Waals surface area contributed by atoms with Crippen LogP contribution >= 0.6 is 11.6 Å². The Morgan fingerprint density at radius 2 is 1.65 bits per heavy atom. The highest BCUT2D eigenvalue weighted by Crippen LogP contribution is 2.23. The largest absolute Gasteiger partial charge is 0.376 e. The van der Waals surface area contributed by atoms with E-state index in [0.29, 0.717) is 11.4 Å². The molecule has 0 amide bonds. The second-order valence-electron chi connectivity index (χ2n) is 5.20. The van der Waals surface area contributed by atoms with Gasteiger partial charge in [0.25, 0.3) is 5.56 Å². The zero-order chi connectivity index (χ0) is 16.2. The Balaban J connectivity index is 1.91. The zero-order valence-electron chi connectivity index (χ0n) is 12.6. The summed E-state index contributed by atoms with van der Waals surface area (Å²) in [6.07, 6.45) is 1.58. The van der Waals surface area contributed by atoms with Crippen LogP contribution in [0.25, 0.3) is 5.69 Å². The molecule has 1 atom stereocenters. The molecule has 116 valence electrons. The van der Waals surface area contributed by atoms with E-state index >= 15 is 0 Å². The van der Waals surface area contributed by atoms with E-state index in [-0.39, 0.29) is 16.6 Å². The number of aromatic nitrogens is 2. The molecule has 0 bridgehead atoms. The van der Waals surface area contributed by atoms with Crippen molar-refractivity contribution in [1.82, 2.24) is 9.78 Å². The number of hydrogen-bond donors (Lipinski definition) is 1. The van der Waals surface area contributed by atoms with E-state index < -0.39 is 0 Å². The minimum atomic E-state index is -0.344. The van der Waals surface area contributed by atoms with E-state index in [4.69, 9.17) is 11.6 Å². The lowest BCUT2D eigenvalue weighted by molar-refractivity contribution is 0.799. The first-order valence-corrected chi connectivity index (χ1v) is 7.69. The Morgan fingerprint density at radius 3 is 2.30 bits per heavy atom. The molecule has 0 aliphatic rings. The Kier molecular flexibility index (Phi) is 4.44. The first-order chi connectivity index (χ1) is 11.2. The molecule has 5 heteroatoms. The molecule has 0 fully saturated rings. The molecule has 0 saturated heterocycles. The molecule has 0 saturated carbocycles. The average Bonchev–Trinajstić information content (AvgIpc) is 2.60. The van der Waals surface area contributed by atoms with Gasteiger partial charge in [-0.05, 0) is 24.6 Å². The van der Waals surface area contributed by atoms with Crippen molar-refractivity contribution in [1.29, 1.82) is 0 Å². The molecule has 23 heavy (non-hydrogen) atoms. The molecule has 0 aliphatic carbocycles. The molecule has 3 aromatic rings. The lowest BCUT2D eigenvalue weighted by Gasteiger charge is -2.16. The van der Waals surface area contributed by atoms with Crippen molar-refractivity contribution < 1.29 is 0 Å². The van der Waals surface area contributed by atoms with Crippen LogP contribution in [0, 0.1) is 0 Å². The molecule has 1 aromatic heterocycles. The van der Waals surface area contributed by atoms with Crippen molar-refractivity contribution >= 4 is 17.3 Å². The lowest BCUT2D eigenvalue weighted by atomic mass is 10.1. The van der Waals surface area contributed by atoms with Crippen LogP contribution < -0.4 is 10.9 Å². The molecule has 3 rings (SSSR count). The number of hydrogen-bond acceptors (Lipinski definition) is 3. The molecule has 0 aliphatic heterocycles. The fraction of sp³-hybridized carbons (Fsp3) is 0.111. The van der Waals surface area contributed by atoms with E-state index in [0.717, 1.165) is 5.56 Å². The van der Waals surface area contributed by atoms with E-state index in [1.54, 1.807) is 6.20 Å². The molecular formula is C18H16ClN3O. The number of nitrogens with one attached hydrogen (secondary N) is 1. The monoisotopic (exact) mass is 325 g/mol. The first kappa shape index (κ1) is 15.3. The Labute approximate surface area is 139 Å². The molecular weight excluding hydrogens is 310 g/mol. The van der Waals surface area contributed by atoms with Crippen LogP contribution in [-0.4, -0.2) is 9.78 Å². The third-order valence-electron chi connectivity index (χ3n) is 3.59. The minimum Gasteiger partial charge on any atom is -0.376 e. The highest BCUT2D eigenvalue weighted by molar-refractivity contribution is 6.32. The van der Waals surface area contributed by atoms with Crippen molar-refractivity contribution in [3.8, 4) is 5.69 Å². The van der Waals surface area contributed by atoms with Gasteiger partial charge in [0.2, 0.25) is 0 Å². The van der Waals surface area contributed by atoms with Gasteiger partial charge in [0.1, 0.15) is 5.02 Å². The Morgan fingerprint density at radius 1 is 1.04 bits per heavy atom. The maximum absolute atomic E-state index is 12.4. The molecule has 1 N–H and O–H groups in total. The van der Waals surface area contributed by atoms with Crippen LogP contribution in [0.2, 0.25) is 5.02 Å². The zero-order valence-corrected chi connectivity index (χ0v) is 13.4. The second kappa shape index (κ2) is 6.67. The molecule has 4 nitrogen and oxygen atoms in total. The summed E-state index contributed by atoms with van der Waals surface area (Å²) in [5.41, 5.74) is 1.97. The van der Waals surface area contributed by atoms with Gasteiger partial charge in [-0.15, -0.1) is 0 Å². The van der Waals surface area contributed by atoms with Crippen molar-refractivity contribution in [3.05, 3.63) is 87.8 Å². The summed E-state index contributed by atoms with van der Waals surface area (Å²) in [4.78, 5) is 12.4. The molecule has 0 spiro atoms. The van der Waals surface area contributed by atoms with E-state index in [9.17, 15) is 4.79 Å². The SMILES string of the molecule is C[C@H](Nc1cnn(-c2ccccc2)c(=O)c1Cl)c1ccccc1. The molecule has 0 radical (unpaired) electrons. The minimum absolute atomic E-state index is 0.0162. The Bertz CT molecular complexity index is 847. The smallest absolute Gasteiger partial charge is 0.292 e. The van der Waals surface area contributed by atoms with Crippen LogP contribution in [0.5, 0.6) is 0 Å². The van der Waals surface area contributed by atoms with Gasteiger partial charge < -0.3 is 5.32 Å². The van der Waals surface area contributed by atoms with Gasteiger partial charge in [0.05, 0.1) is 17.6 Å². The summed E-state index contributed by atoms with van der Waals surface area (Å²) >= 11 is 6.24. The number of nitrogens with zero attached hydrogens (tertiary/aromatic N) is 2. The summed E-state index contributed by atoms with van der Waals surface area (Å²) < 4.78 is 1.29. The maximum atomic E-state index is 12.4. The van der Waals surface area contributed by atoms with Gasteiger partial charge in [-0.2, -0.15) is 9.78 Å². The normalized spacial score (nSPS) is 11.9. The van der Waals surface area contributed by atoms with Crippen LogP contribution in [-0.2, 0) is 0 Å². The lowest BCUT2D eigenvalue weighted by Crippen LogP contribution is -2.23. The first-order valence-electron chi connectivity index (χ1n) is 7.31. The van der Waals surface area contributed by atoms with Gasteiger partial charge in [0, 0.05) is 6.04 Å². The van der Waals surface area contributed by atoms with Gasteiger partial charge >= 0.3 is 0 Å². The second-order valence-corrected chi connectivity index (χ2v) is 5.58. The maximum Gasteiger partial charge on any atom is 0.292 e. The standard InChI is InChI=1S/C18H16ClN3O/c1-13(14-8-4-2-5-9-14)21-16-12-20-22(18(23)17(16)19)15-10-6-3-7-11-15/h2-13,21H,1H3/t13-/m0/s1. The summed E-state index contributed by atoms with van der Waals surface area (Å²) in [6.45, 7) is 2.01. The number of rotatable bonds is 4. The molecule has 2 aromatic carbocycles. The third-order valence-corrected chi connectivity index (χ3v) is 3.96. The predicted molar refractivity (Wildman–Crippen MR) is 93.3 cm³/mol. The fourth-order valence-electron chi connectivity index (χ4n) is 2.34. The van der Waals surface area contributed by atoms with Gasteiger partial charge in [-0.25, -0.2) is 0 Å². The van der Waals surface area contributed by atoms with E-state index in [2.05, 4.69) is 10.4 Å². The Hall–Kier alpha value is -2.59. The van der Waals surface area contributed by atoms with Crippen molar-refractivity contribution in [2.75, 3.05) is 5.32 Å².